The van der Waals surface area contributed by atoms with Gasteiger partial charge in [-0.25, -0.2) is 9.37 Å². The van der Waals surface area contributed by atoms with E-state index in [0.29, 0.717) is 23.1 Å². The number of rotatable bonds is 5. The Bertz CT molecular complexity index is 541. The highest BCUT2D eigenvalue weighted by Crippen LogP contribution is 2.22. The van der Waals surface area contributed by atoms with Crippen LogP contribution in [0.1, 0.15) is 12.7 Å². The Morgan fingerprint density at radius 3 is 2.94 bits per heavy atom. The van der Waals surface area contributed by atoms with Crippen LogP contribution in [0.5, 0.6) is 0 Å². The maximum Gasteiger partial charge on any atom is 0.151 e. The first kappa shape index (κ1) is 13.7. The van der Waals surface area contributed by atoms with Crippen LogP contribution in [0.25, 0.3) is 11.0 Å². The van der Waals surface area contributed by atoms with Crippen molar-refractivity contribution >= 4 is 34.4 Å². The molecule has 0 radical (unpaired) electrons. The van der Waals surface area contributed by atoms with Gasteiger partial charge in [-0.2, -0.15) is 11.8 Å². The molecule has 0 aliphatic carbocycles. The van der Waals surface area contributed by atoms with E-state index in [1.54, 1.807) is 17.8 Å². The van der Waals surface area contributed by atoms with E-state index in [1.165, 1.54) is 6.07 Å². The highest BCUT2D eigenvalue weighted by atomic mass is 35.5. The first-order chi connectivity index (χ1) is 8.67. The Kier molecular flexibility index (Phi) is 4.51. The minimum Gasteiger partial charge on any atom is -0.327 e. The third-order valence-electron chi connectivity index (χ3n) is 2.97. The van der Waals surface area contributed by atoms with Crippen molar-refractivity contribution < 1.29 is 4.39 Å². The molecule has 1 heterocycles. The summed E-state index contributed by atoms with van der Waals surface area (Å²) >= 11 is 7.58. The van der Waals surface area contributed by atoms with E-state index in [2.05, 4.69) is 22.7 Å². The number of halogens is 2. The molecule has 0 aliphatic heterocycles. The normalized spacial score (nSPS) is 13.1. The van der Waals surface area contributed by atoms with Crippen LogP contribution in [0.2, 0.25) is 0 Å². The van der Waals surface area contributed by atoms with Crippen LogP contribution < -0.4 is 0 Å². The van der Waals surface area contributed by atoms with Crippen molar-refractivity contribution in [2.75, 3.05) is 12.1 Å². The Morgan fingerprint density at radius 2 is 2.28 bits per heavy atom. The maximum absolute atomic E-state index is 13.7. The Balaban J connectivity index is 2.52. The zero-order chi connectivity index (χ0) is 13.1. The van der Waals surface area contributed by atoms with E-state index in [1.807, 2.05) is 6.07 Å². The highest BCUT2D eigenvalue weighted by Gasteiger charge is 2.14. The number of aromatic nitrogens is 2. The highest BCUT2D eigenvalue weighted by molar-refractivity contribution is 7.99. The fourth-order valence-corrected chi connectivity index (χ4v) is 2.44. The first-order valence-corrected chi connectivity index (χ1v) is 7.72. The van der Waals surface area contributed by atoms with Gasteiger partial charge in [0.15, 0.2) is 5.82 Å². The maximum atomic E-state index is 13.7. The quantitative estimate of drug-likeness (QED) is 0.780. The van der Waals surface area contributed by atoms with Gasteiger partial charge in [0.25, 0.3) is 0 Å². The van der Waals surface area contributed by atoms with Crippen LogP contribution in [0.15, 0.2) is 18.2 Å². The largest absolute Gasteiger partial charge is 0.327 e. The number of benzene rings is 1. The van der Waals surface area contributed by atoms with Gasteiger partial charge in [-0.1, -0.05) is 13.0 Å². The molecule has 0 aliphatic rings. The Morgan fingerprint density at radius 1 is 1.50 bits per heavy atom. The SMILES string of the molecule is CSC(C)Cn1c(CCCl)nc2c(F)cccc21. The fourth-order valence-electron chi connectivity index (χ4n) is 1.97. The standard InChI is InChI=1S/C13H16ClFN2S/c1-9(18-2)8-17-11-5-3-4-10(15)13(11)16-12(17)6-7-14/h3-5,9H,6-8H2,1-2H3. The Labute approximate surface area is 116 Å². The number of imidazole rings is 1. The summed E-state index contributed by atoms with van der Waals surface area (Å²) in [6.07, 6.45) is 2.74. The summed E-state index contributed by atoms with van der Waals surface area (Å²) < 4.78 is 15.8. The number of para-hydroxylation sites is 1. The molecule has 0 amide bonds. The average Bonchev–Trinajstić information content (AvgIpc) is 2.70. The lowest BCUT2D eigenvalue weighted by molar-refractivity contribution is 0.637. The van der Waals surface area contributed by atoms with Crippen molar-refractivity contribution in [3.8, 4) is 0 Å². The number of fused-ring (bicyclic) bond motifs is 1. The molecule has 2 nitrogen and oxygen atoms in total. The summed E-state index contributed by atoms with van der Waals surface area (Å²) in [6, 6.07) is 5.09. The van der Waals surface area contributed by atoms with Crippen LogP contribution in [0.3, 0.4) is 0 Å². The lowest BCUT2D eigenvalue weighted by Gasteiger charge is -2.13. The van der Waals surface area contributed by atoms with Crippen LogP contribution in [-0.2, 0) is 13.0 Å². The van der Waals surface area contributed by atoms with E-state index < -0.39 is 0 Å². The van der Waals surface area contributed by atoms with Crippen molar-refractivity contribution in [3.05, 3.63) is 29.8 Å². The zero-order valence-electron chi connectivity index (χ0n) is 10.5. The lowest BCUT2D eigenvalue weighted by atomic mass is 10.3. The molecule has 2 rings (SSSR count). The monoisotopic (exact) mass is 286 g/mol. The van der Waals surface area contributed by atoms with Gasteiger partial charge in [-0.15, -0.1) is 11.6 Å². The molecule has 1 unspecified atom stereocenters. The van der Waals surface area contributed by atoms with Crippen LogP contribution in [0, 0.1) is 5.82 Å². The molecule has 5 heteroatoms. The van der Waals surface area contributed by atoms with E-state index in [0.717, 1.165) is 17.9 Å². The van der Waals surface area contributed by atoms with Crippen molar-refractivity contribution in [3.63, 3.8) is 0 Å². The lowest BCUT2D eigenvalue weighted by Crippen LogP contribution is -2.12. The molecule has 1 atom stereocenters. The van der Waals surface area contributed by atoms with Gasteiger partial charge < -0.3 is 4.57 Å². The molecular weight excluding hydrogens is 271 g/mol. The molecule has 0 bridgehead atoms. The Hall–Kier alpha value is -0.740. The molecule has 98 valence electrons. The molecule has 1 aromatic carbocycles. The number of hydrogen-bond donors (Lipinski definition) is 0. The van der Waals surface area contributed by atoms with Crippen LogP contribution >= 0.6 is 23.4 Å². The summed E-state index contributed by atoms with van der Waals surface area (Å²) in [5, 5.41) is 0.458. The van der Waals surface area contributed by atoms with Crippen molar-refractivity contribution in [1.82, 2.24) is 9.55 Å². The van der Waals surface area contributed by atoms with Crippen molar-refractivity contribution in [2.24, 2.45) is 0 Å². The first-order valence-electron chi connectivity index (χ1n) is 5.89. The van der Waals surface area contributed by atoms with Crippen molar-refractivity contribution in [1.29, 1.82) is 0 Å². The van der Waals surface area contributed by atoms with Crippen LogP contribution in [-0.4, -0.2) is 26.9 Å². The summed E-state index contributed by atoms with van der Waals surface area (Å²) in [7, 11) is 0. The van der Waals surface area contributed by atoms with E-state index in [4.69, 9.17) is 11.6 Å². The van der Waals surface area contributed by atoms with Gasteiger partial charge in [0, 0.05) is 24.1 Å². The number of aryl methyl sites for hydroxylation is 1. The molecular formula is C13H16ClFN2S. The van der Waals surface area contributed by atoms with E-state index in [-0.39, 0.29) is 5.82 Å². The second kappa shape index (κ2) is 5.93. The molecule has 1 aromatic heterocycles. The third-order valence-corrected chi connectivity index (χ3v) is 4.11. The van der Waals surface area contributed by atoms with Gasteiger partial charge in [0.2, 0.25) is 0 Å². The number of thioether (sulfide) groups is 1. The fraction of sp³-hybridized carbons (Fsp3) is 0.462. The molecule has 0 saturated carbocycles. The molecule has 0 fully saturated rings. The minimum absolute atomic E-state index is 0.265. The minimum atomic E-state index is -0.265. The molecule has 0 N–H and O–H groups in total. The topological polar surface area (TPSA) is 17.8 Å². The zero-order valence-corrected chi connectivity index (χ0v) is 12.1. The number of nitrogens with zero attached hydrogens (tertiary/aromatic N) is 2. The number of hydrogen-bond acceptors (Lipinski definition) is 2. The van der Waals surface area contributed by atoms with Gasteiger partial charge >= 0.3 is 0 Å². The van der Waals surface area contributed by atoms with Crippen molar-refractivity contribution in [2.45, 2.75) is 25.1 Å². The molecule has 0 saturated heterocycles. The predicted molar refractivity (Wildman–Crippen MR) is 77.1 cm³/mol. The number of alkyl halides is 1. The van der Waals surface area contributed by atoms with Crippen LogP contribution in [0.4, 0.5) is 4.39 Å². The second-order valence-corrected chi connectivity index (χ2v) is 5.89. The van der Waals surface area contributed by atoms with Gasteiger partial charge in [-0.3, -0.25) is 0 Å². The average molecular weight is 287 g/mol. The smallest absolute Gasteiger partial charge is 0.151 e. The summed E-state index contributed by atoms with van der Waals surface area (Å²) in [5.41, 5.74) is 1.31. The predicted octanol–water partition coefficient (Wildman–Crippen LogP) is 3.71. The van der Waals surface area contributed by atoms with E-state index in [9.17, 15) is 4.39 Å². The van der Waals surface area contributed by atoms with E-state index >= 15 is 0 Å². The van der Waals surface area contributed by atoms with Gasteiger partial charge in [-0.05, 0) is 18.4 Å². The summed E-state index contributed by atoms with van der Waals surface area (Å²) in [6.45, 7) is 2.98. The summed E-state index contributed by atoms with van der Waals surface area (Å²) in [4.78, 5) is 4.38. The second-order valence-electron chi connectivity index (χ2n) is 4.23. The third kappa shape index (κ3) is 2.64. The summed E-state index contributed by atoms with van der Waals surface area (Å²) in [5.74, 6) is 1.10. The molecule has 2 aromatic rings. The molecule has 0 spiro atoms. The molecule has 18 heavy (non-hydrogen) atoms. The van der Waals surface area contributed by atoms with Gasteiger partial charge in [0.05, 0.1) is 5.52 Å². The van der Waals surface area contributed by atoms with Gasteiger partial charge in [0.1, 0.15) is 11.3 Å².